The molecule has 2 N–H and O–H groups in total. The number of likely N-dealkylation sites (tertiary alicyclic amines) is 1. The van der Waals surface area contributed by atoms with Gasteiger partial charge >= 0.3 is 6.03 Å². The van der Waals surface area contributed by atoms with Crippen LogP contribution in [0.1, 0.15) is 56.1 Å². The molecule has 1 saturated heterocycles. The minimum absolute atomic E-state index is 0.0692. The van der Waals surface area contributed by atoms with Crippen molar-refractivity contribution in [1.82, 2.24) is 15.2 Å². The first-order valence-corrected chi connectivity index (χ1v) is 9.93. The summed E-state index contributed by atoms with van der Waals surface area (Å²) >= 11 is 0. The van der Waals surface area contributed by atoms with Crippen molar-refractivity contribution in [2.75, 3.05) is 38.2 Å². The molecule has 3 aliphatic rings. The van der Waals surface area contributed by atoms with E-state index in [0.29, 0.717) is 36.7 Å². The molecule has 2 heterocycles. The summed E-state index contributed by atoms with van der Waals surface area (Å²) in [4.78, 5) is 16.8. The third-order valence-corrected chi connectivity index (χ3v) is 6.54. The van der Waals surface area contributed by atoms with Crippen LogP contribution in [-0.4, -0.2) is 60.2 Å². The summed E-state index contributed by atoms with van der Waals surface area (Å²) in [6.45, 7) is 7.29. The van der Waals surface area contributed by atoms with Crippen LogP contribution in [0, 0.1) is 0 Å². The standard InChI is InChI=1S/C20H30N4O2/c1-4-23(5-2)20(26)21-24-12-13-9-17-15(7-6-8-22(17)3)16-10-14(25)11-18(24)19(13)16/h10-11,13,15,17,25H,4-9,12H2,1-3H3,(H,21,26)/t13?,15-,17-/m1/s1. The molecule has 6 heteroatoms. The van der Waals surface area contributed by atoms with Crippen molar-refractivity contribution >= 4 is 11.7 Å². The van der Waals surface area contributed by atoms with Crippen LogP contribution in [0.15, 0.2) is 12.1 Å². The van der Waals surface area contributed by atoms with Gasteiger partial charge in [-0.25, -0.2) is 10.2 Å². The molecule has 1 unspecified atom stereocenters. The van der Waals surface area contributed by atoms with E-state index < -0.39 is 0 Å². The number of phenols is 1. The molecule has 1 aromatic carbocycles. The van der Waals surface area contributed by atoms with E-state index in [2.05, 4.69) is 17.4 Å². The molecule has 1 aliphatic carbocycles. The minimum atomic E-state index is -0.0692. The molecule has 4 rings (SSSR count). The van der Waals surface area contributed by atoms with Crippen LogP contribution in [0.2, 0.25) is 0 Å². The summed E-state index contributed by atoms with van der Waals surface area (Å²) in [7, 11) is 2.22. The normalized spacial score (nSPS) is 27.0. The number of aromatic hydroxyl groups is 1. The van der Waals surface area contributed by atoms with E-state index in [1.165, 1.54) is 24.0 Å². The van der Waals surface area contributed by atoms with Gasteiger partial charge < -0.3 is 14.9 Å². The number of benzene rings is 1. The molecule has 3 atom stereocenters. The van der Waals surface area contributed by atoms with Crippen molar-refractivity contribution in [2.45, 2.75) is 51.0 Å². The number of hydrogen-bond acceptors (Lipinski definition) is 4. The first kappa shape index (κ1) is 17.5. The Labute approximate surface area is 155 Å². The number of likely N-dealkylation sites (N-methyl/N-ethyl adjacent to an activating group) is 1. The molecule has 1 aromatic rings. The van der Waals surface area contributed by atoms with Gasteiger partial charge in [-0.2, -0.15) is 0 Å². The Morgan fingerprint density at radius 2 is 2.12 bits per heavy atom. The fourth-order valence-electron chi connectivity index (χ4n) is 5.25. The molecule has 26 heavy (non-hydrogen) atoms. The lowest BCUT2D eigenvalue weighted by molar-refractivity contribution is 0.135. The average Bonchev–Trinajstić information content (AvgIpc) is 2.95. The van der Waals surface area contributed by atoms with E-state index >= 15 is 0 Å². The van der Waals surface area contributed by atoms with Crippen molar-refractivity contribution in [3.8, 4) is 5.75 Å². The van der Waals surface area contributed by atoms with Crippen molar-refractivity contribution in [1.29, 1.82) is 0 Å². The lowest BCUT2D eigenvalue weighted by Crippen LogP contribution is -2.49. The van der Waals surface area contributed by atoms with E-state index in [0.717, 1.165) is 25.2 Å². The molecular weight excluding hydrogens is 328 g/mol. The minimum Gasteiger partial charge on any atom is -0.508 e. The zero-order valence-corrected chi connectivity index (χ0v) is 16.0. The summed E-state index contributed by atoms with van der Waals surface area (Å²) in [5.41, 5.74) is 6.70. The Morgan fingerprint density at radius 3 is 2.85 bits per heavy atom. The fourth-order valence-corrected chi connectivity index (χ4v) is 5.25. The van der Waals surface area contributed by atoms with E-state index in [1.807, 2.05) is 31.0 Å². The highest BCUT2D eigenvalue weighted by Crippen LogP contribution is 2.52. The van der Waals surface area contributed by atoms with Crippen molar-refractivity contribution in [2.24, 2.45) is 0 Å². The van der Waals surface area contributed by atoms with E-state index in [1.54, 1.807) is 4.90 Å². The Kier molecular flexibility index (Phi) is 4.47. The first-order valence-electron chi connectivity index (χ1n) is 9.93. The number of hydrazine groups is 1. The van der Waals surface area contributed by atoms with Gasteiger partial charge in [-0.1, -0.05) is 0 Å². The number of carbonyl (C=O) groups is 1. The van der Waals surface area contributed by atoms with Gasteiger partial charge in [0.15, 0.2) is 0 Å². The van der Waals surface area contributed by atoms with Gasteiger partial charge in [0, 0.05) is 43.6 Å². The third-order valence-electron chi connectivity index (χ3n) is 6.54. The number of rotatable bonds is 3. The van der Waals surface area contributed by atoms with E-state index in [4.69, 9.17) is 0 Å². The second-order valence-corrected chi connectivity index (χ2v) is 7.90. The number of amides is 2. The van der Waals surface area contributed by atoms with E-state index in [-0.39, 0.29) is 6.03 Å². The van der Waals surface area contributed by atoms with Crippen LogP contribution in [-0.2, 0) is 0 Å². The lowest BCUT2D eigenvalue weighted by Gasteiger charge is -2.44. The van der Waals surface area contributed by atoms with Crippen LogP contribution in [0.25, 0.3) is 0 Å². The molecule has 2 aliphatic heterocycles. The predicted octanol–water partition coefficient (Wildman–Crippen LogP) is 2.84. The number of carbonyl (C=O) groups excluding carboxylic acids is 1. The molecule has 0 saturated carbocycles. The summed E-state index contributed by atoms with van der Waals surface area (Å²) in [5, 5.41) is 12.3. The van der Waals surface area contributed by atoms with Gasteiger partial charge in [-0.15, -0.1) is 0 Å². The number of hydrogen-bond donors (Lipinski definition) is 2. The van der Waals surface area contributed by atoms with Crippen LogP contribution in [0.4, 0.5) is 10.5 Å². The van der Waals surface area contributed by atoms with Crippen molar-refractivity contribution < 1.29 is 9.90 Å². The quantitative estimate of drug-likeness (QED) is 0.872. The molecular formula is C20H30N4O2. The SMILES string of the molecule is CCN(CC)C(=O)NN1CC2C[C@@H]3[C@H](CCCN3C)c3cc(O)cc1c32. The second-order valence-electron chi connectivity index (χ2n) is 7.90. The monoisotopic (exact) mass is 358 g/mol. The summed E-state index contributed by atoms with van der Waals surface area (Å²) < 4.78 is 0. The number of nitrogens with zero attached hydrogens (tertiary/aromatic N) is 3. The van der Waals surface area contributed by atoms with Crippen LogP contribution in [0.5, 0.6) is 5.75 Å². The Bertz CT molecular complexity index is 703. The van der Waals surface area contributed by atoms with Crippen LogP contribution >= 0.6 is 0 Å². The molecule has 0 radical (unpaired) electrons. The van der Waals surface area contributed by atoms with Gasteiger partial charge in [0.25, 0.3) is 0 Å². The van der Waals surface area contributed by atoms with Gasteiger partial charge in [0.2, 0.25) is 0 Å². The maximum absolute atomic E-state index is 12.6. The van der Waals surface area contributed by atoms with Gasteiger partial charge in [0.1, 0.15) is 5.75 Å². The first-order chi connectivity index (χ1) is 12.5. The predicted molar refractivity (Wildman–Crippen MR) is 103 cm³/mol. The Hall–Kier alpha value is -1.95. The van der Waals surface area contributed by atoms with Crippen molar-refractivity contribution in [3.05, 3.63) is 23.3 Å². The number of anilines is 1. The maximum atomic E-state index is 12.6. The summed E-state index contributed by atoms with van der Waals surface area (Å²) in [6, 6.07) is 4.25. The Morgan fingerprint density at radius 1 is 1.35 bits per heavy atom. The summed E-state index contributed by atoms with van der Waals surface area (Å²) in [5.74, 6) is 1.21. The molecule has 142 valence electrons. The van der Waals surface area contributed by atoms with Gasteiger partial charge in [-0.3, -0.25) is 5.01 Å². The highest BCUT2D eigenvalue weighted by Gasteiger charge is 2.44. The van der Waals surface area contributed by atoms with E-state index in [9.17, 15) is 9.90 Å². The zero-order valence-electron chi connectivity index (χ0n) is 16.0. The highest BCUT2D eigenvalue weighted by atomic mass is 16.3. The molecule has 0 bridgehead atoms. The number of fused-ring (bicyclic) bond motifs is 2. The molecule has 6 nitrogen and oxygen atoms in total. The molecule has 0 spiro atoms. The largest absolute Gasteiger partial charge is 0.508 e. The number of urea groups is 1. The van der Waals surface area contributed by atoms with Gasteiger partial charge in [0.05, 0.1) is 5.69 Å². The van der Waals surface area contributed by atoms with Crippen LogP contribution in [0.3, 0.4) is 0 Å². The third kappa shape index (κ3) is 2.71. The number of nitrogens with one attached hydrogen (secondary N) is 1. The van der Waals surface area contributed by atoms with Crippen LogP contribution < -0.4 is 10.4 Å². The van der Waals surface area contributed by atoms with Crippen molar-refractivity contribution in [3.63, 3.8) is 0 Å². The average molecular weight is 358 g/mol. The number of phenolic OH excluding ortho intramolecular Hbond substituents is 1. The Balaban J connectivity index is 1.67. The topological polar surface area (TPSA) is 59.1 Å². The smallest absolute Gasteiger partial charge is 0.336 e. The lowest BCUT2D eigenvalue weighted by atomic mass is 9.70. The fraction of sp³-hybridized carbons (Fsp3) is 0.650. The maximum Gasteiger partial charge on any atom is 0.336 e. The molecule has 0 aromatic heterocycles. The molecule has 2 amide bonds. The second kappa shape index (κ2) is 6.65. The van der Waals surface area contributed by atoms with Gasteiger partial charge in [-0.05, 0) is 63.9 Å². The number of piperidine rings is 1. The summed E-state index contributed by atoms with van der Waals surface area (Å²) in [6.07, 6.45) is 3.52. The molecule has 1 fully saturated rings. The zero-order chi connectivity index (χ0) is 18.4. The highest BCUT2D eigenvalue weighted by molar-refractivity contribution is 5.78.